The second-order valence-corrected chi connectivity index (χ2v) is 7.38. The molecule has 1 aromatic carbocycles. The number of aromatic nitrogens is 3. The van der Waals surface area contributed by atoms with E-state index >= 15 is 0 Å². The maximum absolute atomic E-state index is 13.0. The number of aromatic amines is 1. The fourth-order valence-corrected chi connectivity index (χ4v) is 4.12. The number of likely N-dealkylation sites (tertiary alicyclic amines) is 1. The van der Waals surface area contributed by atoms with Crippen LogP contribution in [-0.2, 0) is 11.2 Å². The number of benzene rings is 1. The van der Waals surface area contributed by atoms with Gasteiger partial charge >= 0.3 is 0 Å². The maximum Gasteiger partial charge on any atom is 0.271 e. The van der Waals surface area contributed by atoms with Crippen LogP contribution in [-0.4, -0.2) is 52.0 Å². The third kappa shape index (κ3) is 3.63. The van der Waals surface area contributed by atoms with Gasteiger partial charge in [0.25, 0.3) is 5.91 Å². The highest BCUT2D eigenvalue weighted by molar-refractivity contribution is 5.93. The van der Waals surface area contributed by atoms with E-state index in [1.807, 2.05) is 24.3 Å². The number of carbonyl (C=O) groups is 2. The molecule has 1 fully saturated rings. The Labute approximate surface area is 169 Å². The summed E-state index contributed by atoms with van der Waals surface area (Å²) in [6.45, 7) is 0.901. The van der Waals surface area contributed by atoms with Crippen LogP contribution in [0, 0.1) is 5.41 Å². The van der Waals surface area contributed by atoms with Gasteiger partial charge in [-0.2, -0.15) is 5.10 Å². The quantitative estimate of drug-likeness (QED) is 0.700. The van der Waals surface area contributed by atoms with Crippen LogP contribution in [0.4, 0.5) is 0 Å². The first kappa shape index (κ1) is 18.9. The predicted octanol–water partition coefficient (Wildman–Crippen LogP) is 2.29. The van der Waals surface area contributed by atoms with Gasteiger partial charge in [0.1, 0.15) is 5.69 Å². The van der Waals surface area contributed by atoms with Crippen molar-refractivity contribution < 1.29 is 9.59 Å². The summed E-state index contributed by atoms with van der Waals surface area (Å²) in [6, 6.07) is 13.7. The standard InChI is InChI=1S/C22H23N5O2/c1-23-21(29)22(9-13-27(15-22)20(28)19-8-12-25-26-19)14-17-4-2-3-5-18(17)16-6-10-24-11-7-16/h2-8,10-12H,9,13-15H2,1H3,(H,23,29)(H,25,26)/t22-/m1/s1. The van der Waals surface area contributed by atoms with E-state index in [9.17, 15) is 9.59 Å². The van der Waals surface area contributed by atoms with Crippen molar-refractivity contribution in [2.45, 2.75) is 12.8 Å². The molecule has 0 spiro atoms. The van der Waals surface area contributed by atoms with Crippen molar-refractivity contribution in [3.63, 3.8) is 0 Å². The number of rotatable bonds is 5. The zero-order chi connectivity index (χ0) is 20.3. The molecule has 1 aliphatic rings. The second-order valence-electron chi connectivity index (χ2n) is 7.38. The topological polar surface area (TPSA) is 91.0 Å². The normalized spacial score (nSPS) is 18.6. The average molecular weight is 389 g/mol. The number of pyridine rings is 1. The fraction of sp³-hybridized carbons (Fsp3) is 0.273. The Morgan fingerprint density at radius 3 is 2.66 bits per heavy atom. The molecule has 7 heteroatoms. The van der Waals surface area contributed by atoms with E-state index in [-0.39, 0.29) is 11.8 Å². The Morgan fingerprint density at radius 2 is 1.93 bits per heavy atom. The SMILES string of the molecule is CNC(=O)[C@@]1(Cc2ccccc2-c2ccncc2)CCN(C(=O)c2ccn[nH]2)C1. The molecule has 29 heavy (non-hydrogen) atoms. The Balaban J connectivity index is 1.65. The zero-order valence-corrected chi connectivity index (χ0v) is 16.3. The third-order valence-electron chi connectivity index (χ3n) is 5.62. The number of hydrogen-bond donors (Lipinski definition) is 2. The summed E-state index contributed by atoms with van der Waals surface area (Å²) in [6.07, 6.45) is 6.25. The van der Waals surface area contributed by atoms with Crippen LogP contribution in [0.1, 0.15) is 22.5 Å². The van der Waals surface area contributed by atoms with Crippen LogP contribution in [0.25, 0.3) is 11.1 Å². The molecule has 1 atom stereocenters. The molecular weight excluding hydrogens is 366 g/mol. The van der Waals surface area contributed by atoms with Gasteiger partial charge < -0.3 is 10.2 Å². The van der Waals surface area contributed by atoms with Gasteiger partial charge in [-0.05, 0) is 47.7 Å². The number of carbonyl (C=O) groups excluding carboxylic acids is 2. The summed E-state index contributed by atoms with van der Waals surface area (Å²) >= 11 is 0. The Bertz CT molecular complexity index is 1000. The van der Waals surface area contributed by atoms with E-state index in [0.717, 1.165) is 16.7 Å². The third-order valence-corrected chi connectivity index (χ3v) is 5.62. The monoisotopic (exact) mass is 389 g/mol. The van der Waals surface area contributed by atoms with E-state index in [0.29, 0.717) is 31.6 Å². The van der Waals surface area contributed by atoms with Crippen molar-refractivity contribution in [1.82, 2.24) is 25.4 Å². The first-order chi connectivity index (χ1) is 14.1. The number of hydrogen-bond acceptors (Lipinski definition) is 4. The van der Waals surface area contributed by atoms with E-state index in [2.05, 4.69) is 32.6 Å². The lowest BCUT2D eigenvalue weighted by atomic mass is 9.78. The molecule has 148 valence electrons. The van der Waals surface area contributed by atoms with Gasteiger partial charge in [0, 0.05) is 38.7 Å². The molecular formula is C22H23N5O2. The van der Waals surface area contributed by atoms with E-state index < -0.39 is 5.41 Å². The van der Waals surface area contributed by atoms with Crippen LogP contribution in [0.5, 0.6) is 0 Å². The molecule has 1 aliphatic heterocycles. The van der Waals surface area contributed by atoms with Gasteiger partial charge in [0.15, 0.2) is 0 Å². The van der Waals surface area contributed by atoms with Crippen molar-refractivity contribution >= 4 is 11.8 Å². The lowest BCUT2D eigenvalue weighted by molar-refractivity contribution is -0.129. The molecule has 0 aliphatic carbocycles. The van der Waals surface area contributed by atoms with E-state index in [4.69, 9.17) is 0 Å². The predicted molar refractivity (Wildman–Crippen MR) is 109 cm³/mol. The lowest BCUT2D eigenvalue weighted by Gasteiger charge is -2.28. The summed E-state index contributed by atoms with van der Waals surface area (Å²) in [7, 11) is 1.65. The van der Waals surface area contributed by atoms with E-state index in [1.54, 1.807) is 36.6 Å². The van der Waals surface area contributed by atoms with Crippen molar-refractivity contribution in [3.05, 3.63) is 72.3 Å². The van der Waals surface area contributed by atoms with Crippen LogP contribution in [0.3, 0.4) is 0 Å². The zero-order valence-electron chi connectivity index (χ0n) is 16.3. The fourth-order valence-electron chi connectivity index (χ4n) is 4.12. The lowest BCUT2D eigenvalue weighted by Crippen LogP contribution is -2.44. The minimum absolute atomic E-state index is 0.0399. The summed E-state index contributed by atoms with van der Waals surface area (Å²) in [4.78, 5) is 31.6. The van der Waals surface area contributed by atoms with E-state index in [1.165, 1.54) is 0 Å². The van der Waals surface area contributed by atoms with Gasteiger partial charge in [-0.15, -0.1) is 0 Å². The van der Waals surface area contributed by atoms with Crippen molar-refractivity contribution in [2.24, 2.45) is 5.41 Å². The number of nitrogens with one attached hydrogen (secondary N) is 2. The van der Waals surface area contributed by atoms with Gasteiger partial charge in [0.2, 0.25) is 5.91 Å². The summed E-state index contributed by atoms with van der Waals surface area (Å²) in [5.41, 5.74) is 2.99. The van der Waals surface area contributed by atoms with Crippen LogP contribution >= 0.6 is 0 Å². The molecule has 0 unspecified atom stereocenters. The molecule has 2 aromatic heterocycles. The Hall–Kier alpha value is -3.48. The highest BCUT2D eigenvalue weighted by atomic mass is 16.2. The molecule has 3 heterocycles. The first-order valence-corrected chi connectivity index (χ1v) is 9.62. The molecule has 0 saturated carbocycles. The van der Waals surface area contributed by atoms with Crippen LogP contribution in [0.2, 0.25) is 0 Å². The largest absolute Gasteiger partial charge is 0.359 e. The molecule has 2 N–H and O–H groups in total. The van der Waals surface area contributed by atoms with Gasteiger partial charge in [0.05, 0.1) is 5.41 Å². The molecule has 1 saturated heterocycles. The summed E-state index contributed by atoms with van der Waals surface area (Å²) in [5, 5.41) is 9.39. The average Bonchev–Trinajstić information content (AvgIpc) is 3.45. The summed E-state index contributed by atoms with van der Waals surface area (Å²) < 4.78 is 0. The highest BCUT2D eigenvalue weighted by Crippen LogP contribution is 2.37. The smallest absolute Gasteiger partial charge is 0.271 e. The second kappa shape index (κ2) is 7.87. The molecule has 3 aromatic rings. The van der Waals surface area contributed by atoms with Gasteiger partial charge in [-0.25, -0.2) is 0 Å². The van der Waals surface area contributed by atoms with Crippen molar-refractivity contribution in [1.29, 1.82) is 0 Å². The molecule has 2 amide bonds. The highest BCUT2D eigenvalue weighted by Gasteiger charge is 2.46. The first-order valence-electron chi connectivity index (χ1n) is 9.62. The molecule has 0 bridgehead atoms. The minimum Gasteiger partial charge on any atom is -0.359 e. The van der Waals surface area contributed by atoms with Gasteiger partial charge in [-0.3, -0.25) is 19.7 Å². The van der Waals surface area contributed by atoms with Gasteiger partial charge in [-0.1, -0.05) is 24.3 Å². The number of amides is 2. The van der Waals surface area contributed by atoms with Crippen LogP contribution in [0.15, 0.2) is 61.1 Å². The molecule has 4 rings (SSSR count). The molecule has 7 nitrogen and oxygen atoms in total. The maximum atomic E-state index is 13.0. The number of H-pyrrole nitrogens is 1. The number of nitrogens with zero attached hydrogens (tertiary/aromatic N) is 3. The Morgan fingerprint density at radius 1 is 1.14 bits per heavy atom. The van der Waals surface area contributed by atoms with Crippen LogP contribution < -0.4 is 5.32 Å². The summed E-state index contributed by atoms with van der Waals surface area (Å²) in [5.74, 6) is -0.169. The molecule has 0 radical (unpaired) electrons. The van der Waals surface area contributed by atoms with Crippen molar-refractivity contribution in [2.75, 3.05) is 20.1 Å². The van der Waals surface area contributed by atoms with Crippen molar-refractivity contribution in [3.8, 4) is 11.1 Å². The minimum atomic E-state index is -0.673. The Kier molecular flexibility index (Phi) is 5.12.